The van der Waals surface area contributed by atoms with Gasteiger partial charge in [0.1, 0.15) is 5.82 Å². The molecule has 1 aromatic carbocycles. The number of rotatable bonds is 2. The Morgan fingerprint density at radius 1 is 1.41 bits per heavy atom. The van der Waals surface area contributed by atoms with Crippen LogP contribution in [0.15, 0.2) is 24.3 Å². The van der Waals surface area contributed by atoms with E-state index in [1.807, 2.05) is 19.1 Å². The number of nitrogens with two attached hydrogens (primary N) is 1. The average molecular weight is 252 g/mol. The summed E-state index contributed by atoms with van der Waals surface area (Å²) < 4.78 is 21.6. The molecule has 0 amide bonds. The molecule has 0 aliphatic carbocycles. The standard InChI is InChI=1S/C12H13ClN4/c1-7-4-3-5-8(11(7)13)9-6-10(15-2)17-12(14)16-9/h3-6H,1-2H3,(H3,14,15,16,17)/i2D3. The minimum atomic E-state index is -2.35. The first kappa shape index (κ1) is 8.31. The Labute approximate surface area is 109 Å². The number of benzene rings is 1. The molecule has 0 fully saturated rings. The van der Waals surface area contributed by atoms with Gasteiger partial charge in [-0.3, -0.25) is 0 Å². The number of nitrogens with zero attached hydrogens (tertiary/aromatic N) is 2. The maximum Gasteiger partial charge on any atom is 0.222 e. The Morgan fingerprint density at radius 2 is 2.24 bits per heavy atom. The molecule has 5 heteroatoms. The molecular formula is C12H13ClN4. The van der Waals surface area contributed by atoms with E-state index >= 15 is 0 Å². The highest BCUT2D eigenvalue weighted by Gasteiger charge is 2.09. The molecular weight excluding hydrogens is 236 g/mol. The fourth-order valence-corrected chi connectivity index (χ4v) is 1.74. The van der Waals surface area contributed by atoms with Crippen molar-refractivity contribution in [3.63, 3.8) is 0 Å². The van der Waals surface area contributed by atoms with Crippen LogP contribution in [0.1, 0.15) is 9.68 Å². The molecule has 0 unspecified atom stereocenters. The van der Waals surface area contributed by atoms with Crippen molar-refractivity contribution in [1.29, 1.82) is 0 Å². The second-order valence-electron chi connectivity index (χ2n) is 3.56. The molecule has 0 bridgehead atoms. The Bertz CT molecular complexity index is 643. The van der Waals surface area contributed by atoms with Crippen LogP contribution in [0, 0.1) is 6.92 Å². The molecule has 2 rings (SSSR count). The minimum Gasteiger partial charge on any atom is -0.373 e. The van der Waals surface area contributed by atoms with E-state index in [-0.39, 0.29) is 11.8 Å². The maximum absolute atomic E-state index is 7.19. The lowest BCUT2D eigenvalue weighted by Gasteiger charge is -2.08. The summed E-state index contributed by atoms with van der Waals surface area (Å²) in [7, 11) is 0. The third-order valence-electron chi connectivity index (χ3n) is 2.34. The van der Waals surface area contributed by atoms with E-state index in [0.717, 1.165) is 5.56 Å². The van der Waals surface area contributed by atoms with E-state index in [4.69, 9.17) is 21.4 Å². The second-order valence-corrected chi connectivity index (χ2v) is 3.94. The van der Waals surface area contributed by atoms with E-state index in [9.17, 15) is 0 Å². The molecule has 0 saturated heterocycles. The maximum atomic E-state index is 7.19. The van der Waals surface area contributed by atoms with Gasteiger partial charge in [-0.1, -0.05) is 29.8 Å². The van der Waals surface area contributed by atoms with Crippen LogP contribution in [0.4, 0.5) is 11.8 Å². The first-order valence-electron chi connectivity index (χ1n) is 6.44. The van der Waals surface area contributed by atoms with Gasteiger partial charge < -0.3 is 11.1 Å². The summed E-state index contributed by atoms with van der Waals surface area (Å²) in [6.07, 6.45) is 0. The van der Waals surface area contributed by atoms with Crippen molar-refractivity contribution in [3.05, 3.63) is 34.9 Å². The van der Waals surface area contributed by atoms with Gasteiger partial charge in [-0.05, 0) is 12.5 Å². The van der Waals surface area contributed by atoms with Crippen LogP contribution in [0.2, 0.25) is 5.02 Å². The smallest absolute Gasteiger partial charge is 0.222 e. The number of aryl methyl sites for hydroxylation is 1. The Kier molecular flexibility index (Phi) is 2.24. The summed E-state index contributed by atoms with van der Waals surface area (Å²) >= 11 is 6.23. The summed E-state index contributed by atoms with van der Waals surface area (Å²) in [5.74, 6) is 0.108. The number of hydrogen-bond donors (Lipinski definition) is 2. The largest absolute Gasteiger partial charge is 0.373 e. The third-order valence-corrected chi connectivity index (χ3v) is 2.84. The van der Waals surface area contributed by atoms with E-state index in [1.165, 1.54) is 6.07 Å². The lowest BCUT2D eigenvalue weighted by atomic mass is 10.1. The van der Waals surface area contributed by atoms with Gasteiger partial charge in [0.25, 0.3) is 0 Å². The molecule has 0 radical (unpaired) electrons. The number of nitrogen functional groups attached to an aromatic ring is 1. The molecule has 0 aliphatic heterocycles. The van der Waals surface area contributed by atoms with Crippen molar-refractivity contribution in [2.45, 2.75) is 6.92 Å². The van der Waals surface area contributed by atoms with Crippen LogP contribution in [-0.2, 0) is 0 Å². The quantitative estimate of drug-likeness (QED) is 0.862. The molecule has 0 saturated carbocycles. The molecule has 88 valence electrons. The van der Waals surface area contributed by atoms with Gasteiger partial charge in [-0.2, -0.15) is 4.98 Å². The fraction of sp³-hybridized carbons (Fsp3) is 0.167. The monoisotopic (exact) mass is 251 g/mol. The van der Waals surface area contributed by atoms with Crippen LogP contribution in [-0.4, -0.2) is 16.9 Å². The lowest BCUT2D eigenvalue weighted by molar-refractivity contribution is 1.18. The summed E-state index contributed by atoms with van der Waals surface area (Å²) in [4.78, 5) is 7.94. The third kappa shape index (κ3) is 2.31. The Balaban J connectivity index is 2.50. The molecule has 4 nitrogen and oxygen atoms in total. The van der Waals surface area contributed by atoms with Crippen LogP contribution < -0.4 is 11.1 Å². The zero-order chi connectivity index (χ0) is 14.9. The fourth-order valence-electron chi connectivity index (χ4n) is 1.51. The molecule has 1 aromatic heterocycles. The summed E-state index contributed by atoms with van der Waals surface area (Å²) in [6, 6.07) is 7.00. The first-order chi connectivity index (χ1) is 9.26. The summed E-state index contributed by atoms with van der Waals surface area (Å²) in [6.45, 7) is -0.480. The van der Waals surface area contributed by atoms with Crippen LogP contribution in [0.3, 0.4) is 0 Å². The van der Waals surface area contributed by atoms with Crippen molar-refractivity contribution in [2.24, 2.45) is 0 Å². The number of anilines is 2. The molecule has 0 aliphatic rings. The Hall–Kier alpha value is -1.81. The van der Waals surface area contributed by atoms with Crippen LogP contribution in [0.25, 0.3) is 11.3 Å². The Morgan fingerprint density at radius 3 is 3.00 bits per heavy atom. The molecule has 0 spiro atoms. The minimum absolute atomic E-state index is 0.0215. The van der Waals surface area contributed by atoms with Gasteiger partial charge in [-0.25, -0.2) is 4.98 Å². The van der Waals surface area contributed by atoms with E-state index in [0.29, 0.717) is 16.3 Å². The van der Waals surface area contributed by atoms with Gasteiger partial charge in [0, 0.05) is 22.7 Å². The van der Waals surface area contributed by atoms with Gasteiger partial charge in [-0.15, -0.1) is 0 Å². The predicted octanol–water partition coefficient (Wildman–Crippen LogP) is 2.73. The predicted molar refractivity (Wildman–Crippen MR) is 71.2 cm³/mol. The van der Waals surface area contributed by atoms with Crippen molar-refractivity contribution in [1.82, 2.24) is 9.97 Å². The number of hydrogen-bond acceptors (Lipinski definition) is 4. The van der Waals surface area contributed by atoms with Crippen molar-refractivity contribution in [3.8, 4) is 11.3 Å². The zero-order valence-electron chi connectivity index (χ0n) is 12.2. The average Bonchev–Trinajstić information content (AvgIpc) is 2.29. The van der Waals surface area contributed by atoms with Crippen LogP contribution >= 0.6 is 11.6 Å². The van der Waals surface area contributed by atoms with Gasteiger partial charge in [0.05, 0.1) is 10.7 Å². The topological polar surface area (TPSA) is 63.8 Å². The molecule has 1 heterocycles. The highest BCUT2D eigenvalue weighted by atomic mass is 35.5. The molecule has 17 heavy (non-hydrogen) atoms. The number of halogens is 1. The molecule has 3 N–H and O–H groups in total. The van der Waals surface area contributed by atoms with Gasteiger partial charge in [0.2, 0.25) is 5.95 Å². The number of aromatic nitrogens is 2. The van der Waals surface area contributed by atoms with Gasteiger partial charge >= 0.3 is 0 Å². The highest BCUT2D eigenvalue weighted by Crippen LogP contribution is 2.30. The lowest BCUT2D eigenvalue weighted by Crippen LogP contribution is -2.01. The van der Waals surface area contributed by atoms with Crippen molar-refractivity contribution in [2.75, 3.05) is 18.0 Å². The summed E-state index contributed by atoms with van der Waals surface area (Å²) in [5.41, 5.74) is 7.66. The van der Waals surface area contributed by atoms with Crippen molar-refractivity contribution < 1.29 is 4.11 Å². The van der Waals surface area contributed by atoms with Gasteiger partial charge in [0.15, 0.2) is 0 Å². The SMILES string of the molecule is [2H]C([2H])([2H])Nc1cc(-c2cccc(C)c2Cl)nc(N)n1. The van der Waals surface area contributed by atoms with Crippen molar-refractivity contribution >= 4 is 23.4 Å². The van der Waals surface area contributed by atoms with E-state index < -0.39 is 6.98 Å². The van der Waals surface area contributed by atoms with E-state index in [1.54, 1.807) is 6.07 Å². The highest BCUT2D eigenvalue weighted by molar-refractivity contribution is 6.34. The molecule has 0 atom stereocenters. The number of nitrogens with one attached hydrogen (secondary N) is 1. The normalized spacial score (nSPS) is 13.6. The summed E-state index contributed by atoms with van der Waals surface area (Å²) in [5, 5.41) is 2.84. The molecule has 2 aromatic rings. The first-order valence-corrected chi connectivity index (χ1v) is 5.32. The second kappa shape index (κ2) is 4.59. The zero-order valence-corrected chi connectivity index (χ0v) is 9.92. The van der Waals surface area contributed by atoms with Crippen LogP contribution in [0.5, 0.6) is 0 Å². The van der Waals surface area contributed by atoms with E-state index in [2.05, 4.69) is 15.3 Å².